The fraction of sp³-hybridized carbons (Fsp3) is 0.316. The van der Waals surface area contributed by atoms with Gasteiger partial charge in [-0.2, -0.15) is 13.2 Å². The number of carbonyl (C=O) groups is 1. The molecule has 2 aromatic rings. The fourth-order valence-corrected chi connectivity index (χ4v) is 4.35. The molecule has 0 aliphatic rings. The Balaban J connectivity index is 2.36. The number of nitrogens with one attached hydrogen (secondary N) is 1. The first-order chi connectivity index (χ1) is 15.7. The number of hydrogen-bond acceptors (Lipinski definition) is 6. The van der Waals surface area contributed by atoms with Gasteiger partial charge in [-0.15, -0.1) is 0 Å². The number of anilines is 1. The van der Waals surface area contributed by atoms with Gasteiger partial charge in [-0.05, 0) is 35.8 Å². The van der Waals surface area contributed by atoms with Crippen LogP contribution in [0.3, 0.4) is 0 Å². The van der Waals surface area contributed by atoms with Gasteiger partial charge in [0.2, 0.25) is 21.9 Å². The molecule has 1 aromatic carbocycles. The van der Waals surface area contributed by atoms with Crippen molar-refractivity contribution in [2.45, 2.75) is 31.3 Å². The summed E-state index contributed by atoms with van der Waals surface area (Å²) in [6.45, 7) is 1.27. The molecule has 0 saturated heterocycles. The van der Waals surface area contributed by atoms with Crippen LogP contribution in [0.1, 0.15) is 29.3 Å². The molecule has 34 heavy (non-hydrogen) atoms. The van der Waals surface area contributed by atoms with Crippen LogP contribution in [0.15, 0.2) is 46.3 Å². The van der Waals surface area contributed by atoms with Crippen molar-refractivity contribution >= 4 is 27.6 Å². The highest BCUT2D eigenvalue weighted by Gasteiger charge is 2.34. The highest BCUT2D eigenvalue weighted by molar-refractivity contribution is 7.91. The first kappa shape index (κ1) is 26.5. The molecule has 11 nitrogen and oxygen atoms in total. The Morgan fingerprint density at radius 1 is 1.18 bits per heavy atom. The van der Waals surface area contributed by atoms with Gasteiger partial charge in [0, 0.05) is 12.1 Å². The van der Waals surface area contributed by atoms with E-state index in [0.717, 1.165) is 28.8 Å². The van der Waals surface area contributed by atoms with E-state index in [9.17, 15) is 31.2 Å². The van der Waals surface area contributed by atoms with Gasteiger partial charge < -0.3 is 22.0 Å². The van der Waals surface area contributed by atoms with Crippen molar-refractivity contribution in [1.82, 2.24) is 4.57 Å². The molecule has 0 spiro atoms. The lowest BCUT2D eigenvalue weighted by atomic mass is 10.1. The Kier molecular flexibility index (Phi) is 8.15. The van der Waals surface area contributed by atoms with E-state index >= 15 is 0 Å². The number of amides is 1. The summed E-state index contributed by atoms with van der Waals surface area (Å²) in [6.07, 6.45) is -4.90. The maximum Gasteiger partial charge on any atom is 0.416 e. The number of sulfonamides is 1. The first-order valence-corrected chi connectivity index (χ1v) is 11.3. The zero-order chi connectivity index (χ0) is 25.7. The van der Waals surface area contributed by atoms with Gasteiger partial charge in [-0.25, -0.2) is 8.42 Å². The number of carbonyl (C=O) groups excluding carboxylic acids is 1. The van der Waals surface area contributed by atoms with Crippen LogP contribution in [0, 0.1) is 6.92 Å². The number of hydrogen-bond donors (Lipinski definition) is 4. The van der Waals surface area contributed by atoms with Crippen LogP contribution in [-0.4, -0.2) is 31.5 Å². The number of benzene rings is 1. The quantitative estimate of drug-likeness (QED) is 0.159. The lowest BCUT2D eigenvalue weighted by Gasteiger charge is -2.20. The van der Waals surface area contributed by atoms with E-state index in [0.29, 0.717) is 0 Å². The molecule has 2 rings (SSSR count). The number of nitrogens with two attached hydrogens (primary N) is 3. The molecule has 0 fully saturated rings. The molecule has 1 amide bonds. The molecule has 15 heteroatoms. The Labute approximate surface area is 192 Å². The molecule has 1 unspecified atom stereocenters. The summed E-state index contributed by atoms with van der Waals surface area (Å²) < 4.78 is 67.7. The van der Waals surface area contributed by atoms with E-state index in [1.165, 1.54) is 19.1 Å². The number of primary amides is 1. The second-order valence-corrected chi connectivity index (χ2v) is 8.86. The number of halogens is 3. The molecular weight excluding hydrogens is 481 g/mol. The maximum atomic E-state index is 13.2. The molecular formula is C19H23F3N6O5S. The number of guanidine groups is 1. The molecule has 7 N–H and O–H groups in total. The zero-order valence-electron chi connectivity index (χ0n) is 17.9. The Morgan fingerprint density at radius 2 is 1.82 bits per heavy atom. The van der Waals surface area contributed by atoms with Gasteiger partial charge in [0.15, 0.2) is 0 Å². The highest BCUT2D eigenvalue weighted by Crippen LogP contribution is 2.32. The SMILES string of the molecule is Cc1ccc(NS(=O)(=O)Cc2ccccc2C(F)(F)F)c(=O)n1C(CCON=C(N)N)C(N)=O. The summed E-state index contributed by atoms with van der Waals surface area (Å²) in [4.78, 5) is 29.8. The van der Waals surface area contributed by atoms with E-state index in [2.05, 4.69) is 5.16 Å². The minimum absolute atomic E-state index is 0.137. The summed E-state index contributed by atoms with van der Waals surface area (Å²) in [7, 11) is -4.45. The zero-order valence-corrected chi connectivity index (χ0v) is 18.7. The number of oxime groups is 1. The molecule has 0 bridgehead atoms. The topological polar surface area (TPSA) is 185 Å². The second-order valence-electron chi connectivity index (χ2n) is 7.14. The van der Waals surface area contributed by atoms with Crippen LogP contribution in [-0.2, 0) is 31.6 Å². The standard InChI is InChI=1S/C19H23F3N6O5S/c1-11-6-7-14(17(30)28(11)15(16(23)29)8-9-33-26-18(24)25)27-34(31,32)10-12-4-2-3-5-13(12)19(20,21)22/h2-7,15,27H,8-10H2,1H3,(H2,23,29)(H4,24,25,26). The van der Waals surface area contributed by atoms with Crippen LogP contribution < -0.4 is 27.5 Å². The van der Waals surface area contributed by atoms with Crippen LogP contribution in [0.5, 0.6) is 0 Å². The van der Waals surface area contributed by atoms with Crippen molar-refractivity contribution in [3.8, 4) is 0 Å². The molecule has 0 aliphatic carbocycles. The molecule has 1 atom stereocenters. The lowest BCUT2D eigenvalue weighted by Crippen LogP contribution is -2.37. The molecule has 1 aromatic heterocycles. The number of pyridine rings is 1. The second kappa shape index (κ2) is 10.5. The van der Waals surface area contributed by atoms with Gasteiger partial charge in [0.1, 0.15) is 18.3 Å². The number of aromatic nitrogens is 1. The molecule has 0 aliphatic heterocycles. The van der Waals surface area contributed by atoms with Gasteiger partial charge in [0.05, 0.1) is 11.3 Å². The van der Waals surface area contributed by atoms with E-state index in [1.807, 2.05) is 4.72 Å². The highest BCUT2D eigenvalue weighted by atomic mass is 32.2. The third-order valence-corrected chi connectivity index (χ3v) is 5.77. The summed E-state index contributed by atoms with van der Waals surface area (Å²) in [5.74, 6) is -2.33. The maximum absolute atomic E-state index is 13.2. The Morgan fingerprint density at radius 3 is 2.41 bits per heavy atom. The van der Waals surface area contributed by atoms with Crippen molar-refractivity contribution in [1.29, 1.82) is 0 Å². The van der Waals surface area contributed by atoms with Gasteiger partial charge in [-0.3, -0.25) is 18.9 Å². The van der Waals surface area contributed by atoms with E-state index in [4.69, 9.17) is 22.0 Å². The van der Waals surface area contributed by atoms with Gasteiger partial charge in [0.25, 0.3) is 5.56 Å². The van der Waals surface area contributed by atoms with E-state index < -0.39 is 56.3 Å². The summed E-state index contributed by atoms with van der Waals surface area (Å²) in [5.41, 5.74) is 12.9. The van der Waals surface area contributed by atoms with E-state index in [-0.39, 0.29) is 24.7 Å². The van der Waals surface area contributed by atoms with Crippen LogP contribution in [0.25, 0.3) is 0 Å². The largest absolute Gasteiger partial charge is 0.416 e. The summed E-state index contributed by atoms with van der Waals surface area (Å²) in [6, 6.07) is 5.40. The Hall–Kier alpha value is -3.75. The van der Waals surface area contributed by atoms with Gasteiger partial charge in [-0.1, -0.05) is 18.2 Å². The van der Waals surface area contributed by atoms with Crippen LogP contribution >= 0.6 is 0 Å². The van der Waals surface area contributed by atoms with Gasteiger partial charge >= 0.3 is 6.18 Å². The molecule has 0 radical (unpaired) electrons. The number of nitrogens with zero attached hydrogens (tertiary/aromatic N) is 2. The minimum atomic E-state index is -4.77. The Bertz CT molecular complexity index is 1240. The fourth-order valence-electron chi connectivity index (χ4n) is 3.12. The predicted molar refractivity (Wildman–Crippen MR) is 118 cm³/mol. The van der Waals surface area contributed by atoms with Crippen molar-refractivity contribution < 1.29 is 31.2 Å². The number of alkyl halides is 3. The van der Waals surface area contributed by atoms with Crippen molar-refractivity contribution in [3.63, 3.8) is 0 Å². The molecule has 186 valence electrons. The van der Waals surface area contributed by atoms with Crippen LogP contribution in [0.4, 0.5) is 18.9 Å². The van der Waals surface area contributed by atoms with Crippen molar-refractivity contribution in [3.05, 3.63) is 63.6 Å². The molecule has 0 saturated carbocycles. The molecule has 1 heterocycles. The average molecular weight is 504 g/mol. The minimum Gasteiger partial charge on any atom is -0.393 e. The lowest BCUT2D eigenvalue weighted by molar-refractivity contribution is -0.138. The number of rotatable bonds is 10. The first-order valence-electron chi connectivity index (χ1n) is 9.61. The van der Waals surface area contributed by atoms with Crippen molar-refractivity contribution in [2.75, 3.05) is 11.3 Å². The monoisotopic (exact) mass is 504 g/mol. The summed E-state index contributed by atoms with van der Waals surface area (Å²) in [5, 5.41) is 3.29. The van der Waals surface area contributed by atoms with Crippen LogP contribution in [0.2, 0.25) is 0 Å². The summed E-state index contributed by atoms with van der Waals surface area (Å²) >= 11 is 0. The normalized spacial score (nSPS) is 12.6. The third kappa shape index (κ3) is 6.87. The van der Waals surface area contributed by atoms with E-state index in [1.54, 1.807) is 0 Å². The third-order valence-electron chi connectivity index (χ3n) is 4.55. The average Bonchev–Trinajstić information content (AvgIpc) is 2.70. The smallest absolute Gasteiger partial charge is 0.393 e. The number of aryl methyl sites for hydroxylation is 1. The van der Waals surface area contributed by atoms with Crippen molar-refractivity contribution in [2.24, 2.45) is 22.4 Å². The predicted octanol–water partition coefficient (Wildman–Crippen LogP) is 0.739.